The Balaban J connectivity index is 2.10. The summed E-state index contributed by atoms with van der Waals surface area (Å²) in [6.45, 7) is 4.28. The van der Waals surface area contributed by atoms with Crippen molar-refractivity contribution >= 4 is 21.9 Å². The number of carbonyl (C=O) groups is 2. The number of hydrogen-bond acceptors (Lipinski definition) is 5. The first-order valence-electron chi connectivity index (χ1n) is 10.6. The van der Waals surface area contributed by atoms with E-state index in [2.05, 4.69) is 0 Å². The summed E-state index contributed by atoms with van der Waals surface area (Å²) in [6.07, 6.45) is -3.11. The van der Waals surface area contributed by atoms with Gasteiger partial charge in [0.15, 0.2) is 0 Å². The quantitative estimate of drug-likeness (QED) is 0.509. The summed E-state index contributed by atoms with van der Waals surface area (Å²) < 4.78 is 71.0. The second-order valence-corrected chi connectivity index (χ2v) is 9.55. The maximum absolute atomic E-state index is 13.0. The molecular weight excluding hydrogens is 449 g/mol. The molecule has 7 nitrogen and oxygen atoms in total. The van der Waals surface area contributed by atoms with Crippen LogP contribution in [0.5, 0.6) is 0 Å². The maximum Gasteiger partial charge on any atom is 0.416 e. The summed E-state index contributed by atoms with van der Waals surface area (Å²) >= 11 is 0. The number of alkyl halides is 3. The first-order valence-corrected chi connectivity index (χ1v) is 12.1. The van der Waals surface area contributed by atoms with Crippen LogP contribution in [0.1, 0.15) is 45.1 Å². The molecule has 0 N–H and O–H groups in total. The molecule has 1 amide bonds. The lowest BCUT2D eigenvalue weighted by molar-refractivity contribution is -0.151. The molecule has 180 valence electrons. The highest BCUT2D eigenvalue weighted by molar-refractivity contribution is 7.89. The number of piperidine rings is 1. The molecular formula is C21H29F3N2O5S. The van der Waals surface area contributed by atoms with Crippen LogP contribution >= 0.6 is 0 Å². The van der Waals surface area contributed by atoms with Gasteiger partial charge in [-0.05, 0) is 44.4 Å². The standard InChI is InChI=1S/C21H29F3N2O5S/c1-3-11-26(32(29,30)18-9-5-8-17(14-18)21(22,23)24)13-10-19(27)25-12-6-7-16(15-25)20(28)31-4-2/h5,8-9,14,16H,3-4,6-7,10-13,15H2,1-2H3. The molecule has 1 fully saturated rings. The molecule has 2 rings (SSSR count). The molecule has 1 aromatic carbocycles. The van der Waals surface area contributed by atoms with Crippen LogP contribution in [0, 0.1) is 5.92 Å². The molecule has 0 radical (unpaired) electrons. The second-order valence-electron chi connectivity index (χ2n) is 7.61. The largest absolute Gasteiger partial charge is 0.466 e. The Morgan fingerprint density at radius 2 is 1.94 bits per heavy atom. The zero-order valence-electron chi connectivity index (χ0n) is 18.2. The lowest BCUT2D eigenvalue weighted by atomic mass is 9.98. The van der Waals surface area contributed by atoms with E-state index in [0.29, 0.717) is 31.9 Å². The van der Waals surface area contributed by atoms with Crippen molar-refractivity contribution in [1.29, 1.82) is 0 Å². The fraction of sp³-hybridized carbons (Fsp3) is 0.619. The molecule has 0 aliphatic carbocycles. The highest BCUT2D eigenvalue weighted by Crippen LogP contribution is 2.31. The highest BCUT2D eigenvalue weighted by atomic mass is 32.2. The summed E-state index contributed by atoms with van der Waals surface area (Å²) in [7, 11) is -4.22. The molecule has 11 heteroatoms. The van der Waals surface area contributed by atoms with Crippen molar-refractivity contribution in [1.82, 2.24) is 9.21 Å². The van der Waals surface area contributed by atoms with Gasteiger partial charge in [0.25, 0.3) is 0 Å². The SMILES string of the molecule is CCCN(CCC(=O)N1CCCC(C(=O)OCC)C1)S(=O)(=O)c1cccc(C(F)(F)F)c1. The van der Waals surface area contributed by atoms with E-state index in [1.54, 1.807) is 13.8 Å². The van der Waals surface area contributed by atoms with Crippen LogP contribution in [0.25, 0.3) is 0 Å². The predicted molar refractivity (Wildman–Crippen MR) is 111 cm³/mol. The number of hydrogen-bond donors (Lipinski definition) is 0. The van der Waals surface area contributed by atoms with Gasteiger partial charge in [0, 0.05) is 32.6 Å². The average molecular weight is 479 g/mol. The Hall–Kier alpha value is -2.14. The number of benzene rings is 1. The van der Waals surface area contributed by atoms with Crippen LogP contribution in [0.3, 0.4) is 0 Å². The summed E-state index contributed by atoms with van der Waals surface area (Å²) in [5.41, 5.74) is -1.05. The smallest absolute Gasteiger partial charge is 0.416 e. The summed E-state index contributed by atoms with van der Waals surface area (Å²) in [6, 6.07) is 3.58. The second kappa shape index (κ2) is 11.1. The van der Waals surface area contributed by atoms with Crippen LogP contribution < -0.4 is 0 Å². The van der Waals surface area contributed by atoms with Crippen molar-refractivity contribution in [3.63, 3.8) is 0 Å². The average Bonchev–Trinajstić information content (AvgIpc) is 2.76. The van der Waals surface area contributed by atoms with Gasteiger partial charge in [0.05, 0.1) is 23.0 Å². The molecule has 1 aliphatic heterocycles. The van der Waals surface area contributed by atoms with Crippen molar-refractivity contribution in [2.24, 2.45) is 5.92 Å². The number of ether oxygens (including phenoxy) is 1. The molecule has 0 bridgehead atoms. The molecule has 0 spiro atoms. The lowest BCUT2D eigenvalue weighted by Gasteiger charge is -2.32. The first-order chi connectivity index (χ1) is 15.0. The van der Waals surface area contributed by atoms with E-state index in [0.717, 1.165) is 22.5 Å². The number of esters is 1. The number of likely N-dealkylation sites (tertiary alicyclic amines) is 1. The number of nitrogens with zero attached hydrogens (tertiary/aromatic N) is 2. The Kier molecular flexibility index (Phi) is 9.08. The number of carbonyl (C=O) groups excluding carboxylic acids is 2. The van der Waals surface area contributed by atoms with Gasteiger partial charge in [-0.2, -0.15) is 17.5 Å². The predicted octanol–water partition coefficient (Wildman–Crippen LogP) is 3.30. The Bertz CT molecular complexity index is 905. The van der Waals surface area contributed by atoms with Gasteiger partial charge in [0.1, 0.15) is 0 Å². The molecule has 1 heterocycles. The van der Waals surface area contributed by atoms with Gasteiger partial charge in [-0.25, -0.2) is 8.42 Å². The number of sulfonamides is 1. The topological polar surface area (TPSA) is 84.0 Å². The Morgan fingerprint density at radius 3 is 2.56 bits per heavy atom. The minimum absolute atomic E-state index is 0.0668. The Morgan fingerprint density at radius 1 is 1.22 bits per heavy atom. The minimum Gasteiger partial charge on any atom is -0.466 e. The van der Waals surface area contributed by atoms with Crippen LogP contribution in [0.4, 0.5) is 13.2 Å². The van der Waals surface area contributed by atoms with Crippen LogP contribution in [0.2, 0.25) is 0 Å². The van der Waals surface area contributed by atoms with Gasteiger partial charge in [0.2, 0.25) is 15.9 Å². The van der Waals surface area contributed by atoms with Crippen molar-refractivity contribution in [3.05, 3.63) is 29.8 Å². The summed E-state index contributed by atoms with van der Waals surface area (Å²) in [4.78, 5) is 25.7. The lowest BCUT2D eigenvalue weighted by Crippen LogP contribution is -2.44. The number of amides is 1. The number of rotatable bonds is 9. The first kappa shape index (κ1) is 26.1. The molecule has 0 aromatic heterocycles. The third kappa shape index (κ3) is 6.68. The monoisotopic (exact) mass is 478 g/mol. The molecule has 32 heavy (non-hydrogen) atoms. The van der Waals surface area contributed by atoms with Gasteiger partial charge in [-0.3, -0.25) is 9.59 Å². The van der Waals surface area contributed by atoms with Crippen molar-refractivity contribution in [2.75, 3.05) is 32.8 Å². The van der Waals surface area contributed by atoms with E-state index in [4.69, 9.17) is 4.74 Å². The fourth-order valence-electron chi connectivity index (χ4n) is 3.62. The zero-order valence-corrected chi connectivity index (χ0v) is 19.0. The normalized spacial score (nSPS) is 17.4. The molecule has 1 aromatic rings. The van der Waals surface area contributed by atoms with Crippen molar-refractivity contribution < 1.29 is 35.9 Å². The molecule has 0 saturated carbocycles. The van der Waals surface area contributed by atoms with E-state index in [-0.39, 0.29) is 44.5 Å². The number of halogens is 3. The van der Waals surface area contributed by atoms with Crippen LogP contribution in [0.15, 0.2) is 29.2 Å². The van der Waals surface area contributed by atoms with Crippen LogP contribution in [-0.2, 0) is 30.5 Å². The van der Waals surface area contributed by atoms with Gasteiger partial charge in [-0.15, -0.1) is 0 Å². The third-order valence-corrected chi connectivity index (χ3v) is 7.14. The Labute approximate surface area is 186 Å². The van der Waals surface area contributed by atoms with Crippen LogP contribution in [-0.4, -0.2) is 62.3 Å². The zero-order chi connectivity index (χ0) is 23.9. The van der Waals surface area contributed by atoms with Gasteiger partial charge in [-0.1, -0.05) is 13.0 Å². The van der Waals surface area contributed by atoms with E-state index in [9.17, 15) is 31.2 Å². The summed E-state index contributed by atoms with van der Waals surface area (Å²) in [5, 5.41) is 0. The van der Waals surface area contributed by atoms with Crippen molar-refractivity contribution in [2.45, 2.75) is 50.6 Å². The van der Waals surface area contributed by atoms with E-state index in [1.807, 2.05) is 0 Å². The molecule has 1 aliphatic rings. The summed E-state index contributed by atoms with van der Waals surface area (Å²) in [5.74, 6) is -1.07. The minimum atomic E-state index is -4.67. The highest BCUT2D eigenvalue weighted by Gasteiger charge is 2.34. The van der Waals surface area contributed by atoms with Gasteiger partial charge < -0.3 is 9.64 Å². The van der Waals surface area contributed by atoms with E-state index >= 15 is 0 Å². The van der Waals surface area contributed by atoms with Gasteiger partial charge >= 0.3 is 12.1 Å². The molecule has 1 atom stereocenters. The van der Waals surface area contributed by atoms with E-state index < -0.39 is 32.6 Å². The molecule has 1 unspecified atom stereocenters. The maximum atomic E-state index is 13.0. The fourth-order valence-corrected chi connectivity index (χ4v) is 5.20. The van der Waals surface area contributed by atoms with Crippen molar-refractivity contribution in [3.8, 4) is 0 Å². The van der Waals surface area contributed by atoms with E-state index in [1.165, 1.54) is 4.90 Å². The molecule has 1 saturated heterocycles. The third-order valence-electron chi connectivity index (χ3n) is 5.24.